The van der Waals surface area contributed by atoms with Gasteiger partial charge in [-0.05, 0) is 29.7 Å². The molecule has 0 aromatic heterocycles. The van der Waals surface area contributed by atoms with E-state index in [4.69, 9.17) is 10.3 Å². The van der Waals surface area contributed by atoms with E-state index >= 15 is 0 Å². The molecular formula is C13H23N3O2. The van der Waals surface area contributed by atoms with Crippen LogP contribution in [0.5, 0.6) is 0 Å². The summed E-state index contributed by atoms with van der Waals surface area (Å²) in [6, 6.07) is -0.245. The number of rotatable bonds is 6. The third kappa shape index (κ3) is 3.39. The van der Waals surface area contributed by atoms with Gasteiger partial charge in [0.1, 0.15) is 6.10 Å². The van der Waals surface area contributed by atoms with Crippen molar-refractivity contribution in [3.8, 4) is 0 Å². The minimum Gasteiger partial charge on any atom is -0.462 e. The SMILES string of the molecule is CCC(C)[C@@H](C)[C@@H](C)C(N=[N+]=[N-])C1CCC(=O)O1. The second-order valence-corrected chi connectivity index (χ2v) is 5.37. The van der Waals surface area contributed by atoms with Gasteiger partial charge >= 0.3 is 5.97 Å². The van der Waals surface area contributed by atoms with Crippen LogP contribution in [0.1, 0.15) is 47.0 Å². The molecule has 5 atom stereocenters. The predicted octanol–water partition coefficient (Wildman–Crippen LogP) is 3.69. The summed E-state index contributed by atoms with van der Waals surface area (Å²) in [5.74, 6) is 1.03. The van der Waals surface area contributed by atoms with Crippen LogP contribution in [0.3, 0.4) is 0 Å². The first-order chi connectivity index (χ1) is 8.51. The summed E-state index contributed by atoms with van der Waals surface area (Å²) in [5, 5.41) is 3.88. The highest BCUT2D eigenvalue weighted by molar-refractivity contribution is 5.71. The number of hydrogen-bond acceptors (Lipinski definition) is 3. The van der Waals surface area contributed by atoms with Crippen LogP contribution in [0, 0.1) is 17.8 Å². The molecule has 0 amide bonds. The molecule has 1 saturated heterocycles. The summed E-state index contributed by atoms with van der Waals surface area (Å²) in [6.45, 7) is 8.62. The van der Waals surface area contributed by atoms with Crippen molar-refractivity contribution in [1.82, 2.24) is 0 Å². The molecule has 1 aliphatic heterocycles. The molecule has 0 spiro atoms. The van der Waals surface area contributed by atoms with Gasteiger partial charge in [0.25, 0.3) is 0 Å². The molecule has 0 radical (unpaired) electrons. The predicted molar refractivity (Wildman–Crippen MR) is 69.8 cm³/mol. The quantitative estimate of drug-likeness (QED) is 0.313. The van der Waals surface area contributed by atoms with Gasteiger partial charge in [-0.3, -0.25) is 4.79 Å². The van der Waals surface area contributed by atoms with Crippen LogP contribution in [0.4, 0.5) is 0 Å². The number of azide groups is 1. The Kier molecular flexibility index (Phi) is 5.48. The van der Waals surface area contributed by atoms with Crippen LogP contribution in [-0.4, -0.2) is 18.1 Å². The van der Waals surface area contributed by atoms with Crippen LogP contribution >= 0.6 is 0 Å². The Morgan fingerprint density at radius 3 is 2.56 bits per heavy atom. The Morgan fingerprint density at radius 2 is 2.11 bits per heavy atom. The van der Waals surface area contributed by atoms with Crippen molar-refractivity contribution in [3.05, 3.63) is 10.4 Å². The van der Waals surface area contributed by atoms with Crippen molar-refractivity contribution in [2.45, 2.75) is 59.1 Å². The largest absolute Gasteiger partial charge is 0.462 e. The zero-order valence-electron chi connectivity index (χ0n) is 11.7. The maximum Gasteiger partial charge on any atom is 0.306 e. The lowest BCUT2D eigenvalue weighted by atomic mass is 9.78. The first-order valence-corrected chi connectivity index (χ1v) is 6.74. The van der Waals surface area contributed by atoms with Crippen LogP contribution in [0.25, 0.3) is 10.4 Å². The number of carbonyl (C=O) groups is 1. The fourth-order valence-electron chi connectivity index (χ4n) is 2.57. The van der Waals surface area contributed by atoms with Gasteiger partial charge in [-0.1, -0.05) is 39.2 Å². The Bertz CT molecular complexity index is 339. The molecule has 18 heavy (non-hydrogen) atoms. The lowest BCUT2D eigenvalue weighted by Crippen LogP contribution is -2.35. The van der Waals surface area contributed by atoms with E-state index < -0.39 is 0 Å². The molecule has 3 unspecified atom stereocenters. The fourth-order valence-corrected chi connectivity index (χ4v) is 2.57. The minimum atomic E-state index is -0.245. The first-order valence-electron chi connectivity index (χ1n) is 6.74. The fraction of sp³-hybridized carbons (Fsp3) is 0.923. The Hall–Kier alpha value is -1.22. The second kappa shape index (κ2) is 6.64. The molecule has 0 aliphatic carbocycles. The average Bonchev–Trinajstić information content (AvgIpc) is 2.79. The molecule has 1 heterocycles. The monoisotopic (exact) mass is 253 g/mol. The second-order valence-electron chi connectivity index (χ2n) is 5.37. The van der Waals surface area contributed by atoms with Crippen molar-refractivity contribution < 1.29 is 9.53 Å². The van der Waals surface area contributed by atoms with E-state index in [0.29, 0.717) is 24.7 Å². The zero-order chi connectivity index (χ0) is 13.7. The van der Waals surface area contributed by atoms with Gasteiger partial charge in [0, 0.05) is 11.3 Å². The van der Waals surface area contributed by atoms with Crippen molar-refractivity contribution in [2.24, 2.45) is 22.9 Å². The number of esters is 1. The standard InChI is InChI=1S/C13H23N3O2/c1-5-8(2)9(3)10(4)13(15-16-14)11-6-7-12(17)18-11/h8-11,13H,5-7H2,1-4H3/t8?,9-,10-,11?,13?/m1/s1. The van der Waals surface area contributed by atoms with Gasteiger partial charge in [-0.15, -0.1) is 0 Å². The van der Waals surface area contributed by atoms with E-state index in [0.717, 1.165) is 6.42 Å². The maximum atomic E-state index is 11.2. The van der Waals surface area contributed by atoms with E-state index in [9.17, 15) is 4.79 Å². The highest BCUT2D eigenvalue weighted by Crippen LogP contribution is 2.32. The molecule has 1 fully saturated rings. The van der Waals surface area contributed by atoms with Crippen molar-refractivity contribution in [2.75, 3.05) is 0 Å². The first kappa shape index (κ1) is 14.8. The van der Waals surface area contributed by atoms with Gasteiger partial charge in [0.2, 0.25) is 0 Å². The molecule has 0 aromatic rings. The summed E-state index contributed by atoms with van der Waals surface area (Å²) in [5.41, 5.74) is 8.71. The Balaban J connectivity index is 2.78. The highest BCUT2D eigenvalue weighted by atomic mass is 16.5. The van der Waals surface area contributed by atoms with Gasteiger partial charge in [0.05, 0.1) is 6.04 Å². The maximum absolute atomic E-state index is 11.2. The number of nitrogens with zero attached hydrogens (tertiary/aromatic N) is 3. The number of hydrogen-bond donors (Lipinski definition) is 0. The van der Waals surface area contributed by atoms with E-state index in [1.807, 2.05) is 0 Å². The normalized spacial score (nSPS) is 25.8. The highest BCUT2D eigenvalue weighted by Gasteiger charge is 2.36. The molecule has 5 heteroatoms. The van der Waals surface area contributed by atoms with Crippen molar-refractivity contribution in [1.29, 1.82) is 0 Å². The van der Waals surface area contributed by atoms with Gasteiger partial charge < -0.3 is 4.74 Å². The van der Waals surface area contributed by atoms with Crippen LogP contribution in [0.2, 0.25) is 0 Å². The molecule has 5 nitrogen and oxygen atoms in total. The molecular weight excluding hydrogens is 230 g/mol. The van der Waals surface area contributed by atoms with Gasteiger partial charge in [-0.2, -0.15) is 0 Å². The molecule has 0 saturated carbocycles. The minimum absolute atomic E-state index is 0.179. The van der Waals surface area contributed by atoms with Crippen LogP contribution in [-0.2, 0) is 9.53 Å². The molecule has 102 valence electrons. The van der Waals surface area contributed by atoms with Gasteiger partial charge in [-0.25, -0.2) is 0 Å². The smallest absolute Gasteiger partial charge is 0.306 e. The molecule has 0 aromatic carbocycles. The lowest BCUT2D eigenvalue weighted by molar-refractivity contribution is -0.142. The number of carbonyl (C=O) groups excluding carboxylic acids is 1. The number of ether oxygens (including phenoxy) is 1. The Labute approximate surface area is 109 Å². The zero-order valence-corrected chi connectivity index (χ0v) is 11.7. The summed E-state index contributed by atoms with van der Waals surface area (Å²) in [6.07, 6.45) is 1.96. The van der Waals surface area contributed by atoms with Crippen LogP contribution < -0.4 is 0 Å². The topological polar surface area (TPSA) is 75.1 Å². The molecule has 0 bridgehead atoms. The third-order valence-electron chi connectivity index (χ3n) is 4.39. The Morgan fingerprint density at radius 1 is 1.44 bits per heavy atom. The summed E-state index contributed by atoms with van der Waals surface area (Å²) in [4.78, 5) is 14.1. The van der Waals surface area contributed by atoms with E-state index in [1.54, 1.807) is 0 Å². The van der Waals surface area contributed by atoms with Gasteiger partial charge in [0.15, 0.2) is 0 Å². The van der Waals surface area contributed by atoms with Crippen molar-refractivity contribution >= 4 is 5.97 Å². The third-order valence-corrected chi connectivity index (χ3v) is 4.39. The lowest BCUT2D eigenvalue weighted by Gasteiger charge is -2.32. The summed E-state index contributed by atoms with van der Waals surface area (Å²) >= 11 is 0. The van der Waals surface area contributed by atoms with E-state index in [1.165, 1.54) is 0 Å². The van der Waals surface area contributed by atoms with E-state index in [-0.39, 0.29) is 24.0 Å². The summed E-state index contributed by atoms with van der Waals surface area (Å²) < 4.78 is 5.26. The number of cyclic esters (lactones) is 1. The molecule has 0 N–H and O–H groups in total. The molecule has 1 rings (SSSR count). The van der Waals surface area contributed by atoms with Crippen LogP contribution in [0.15, 0.2) is 5.11 Å². The summed E-state index contributed by atoms with van der Waals surface area (Å²) in [7, 11) is 0. The average molecular weight is 253 g/mol. The molecule has 1 aliphatic rings. The van der Waals surface area contributed by atoms with Crippen molar-refractivity contribution in [3.63, 3.8) is 0 Å². The van der Waals surface area contributed by atoms with E-state index in [2.05, 4.69) is 37.7 Å².